The summed E-state index contributed by atoms with van der Waals surface area (Å²) in [5.74, 6) is -0.959. The molecule has 1 aliphatic carbocycles. The van der Waals surface area contributed by atoms with Gasteiger partial charge >= 0.3 is 12.1 Å². The van der Waals surface area contributed by atoms with E-state index in [1.165, 1.54) is 22.3 Å². The first-order chi connectivity index (χ1) is 14.2. The molecule has 2 aromatic carbocycles. The summed E-state index contributed by atoms with van der Waals surface area (Å²) < 4.78 is 15.6. The van der Waals surface area contributed by atoms with Gasteiger partial charge in [0.25, 0.3) is 0 Å². The van der Waals surface area contributed by atoms with Crippen molar-refractivity contribution in [3.05, 3.63) is 59.7 Å². The Bertz CT molecular complexity index is 792. The number of hydrogen-bond donors (Lipinski definition) is 2. The Morgan fingerprint density at radius 3 is 2.17 bits per heavy atom. The molecular weight excluding hydrogens is 374 g/mol. The van der Waals surface area contributed by atoms with Crippen molar-refractivity contribution >= 4 is 12.1 Å². The fraction of sp³-hybridized carbons (Fsp3) is 0.364. The lowest BCUT2D eigenvalue weighted by Crippen LogP contribution is -2.27. The number of benzene rings is 2. The van der Waals surface area contributed by atoms with E-state index in [1.807, 2.05) is 24.3 Å². The fourth-order valence-electron chi connectivity index (χ4n) is 3.39. The Morgan fingerprint density at radius 1 is 0.897 bits per heavy atom. The van der Waals surface area contributed by atoms with Crippen LogP contribution in [0.3, 0.4) is 0 Å². The monoisotopic (exact) mass is 399 g/mol. The summed E-state index contributed by atoms with van der Waals surface area (Å²) in [5, 5.41) is 11.2. The number of nitrogens with one attached hydrogen (secondary N) is 1. The number of rotatable bonds is 11. The van der Waals surface area contributed by atoms with Crippen molar-refractivity contribution in [3.8, 4) is 11.1 Å². The van der Waals surface area contributed by atoms with E-state index >= 15 is 0 Å². The molecule has 0 atom stereocenters. The van der Waals surface area contributed by atoms with Crippen molar-refractivity contribution in [3.63, 3.8) is 0 Å². The van der Waals surface area contributed by atoms with Gasteiger partial charge in [-0.3, -0.25) is 0 Å². The lowest BCUT2D eigenvalue weighted by Gasteiger charge is -2.14. The number of carbonyl (C=O) groups is 2. The summed E-state index contributed by atoms with van der Waals surface area (Å²) >= 11 is 0. The summed E-state index contributed by atoms with van der Waals surface area (Å²) in [5.41, 5.74) is 4.75. The van der Waals surface area contributed by atoms with Gasteiger partial charge in [-0.05, 0) is 28.7 Å². The van der Waals surface area contributed by atoms with Crippen LogP contribution in [0.15, 0.2) is 48.5 Å². The third-order valence-electron chi connectivity index (χ3n) is 4.68. The molecule has 0 aromatic heterocycles. The third-order valence-corrected chi connectivity index (χ3v) is 4.68. The zero-order chi connectivity index (χ0) is 20.5. The molecule has 2 N–H and O–H groups in total. The van der Waals surface area contributed by atoms with Gasteiger partial charge in [-0.15, -0.1) is 0 Å². The van der Waals surface area contributed by atoms with Crippen molar-refractivity contribution in [1.29, 1.82) is 0 Å². The second kappa shape index (κ2) is 10.6. The number of alkyl carbamates (subject to hydrolysis) is 1. The Balaban J connectivity index is 1.35. The van der Waals surface area contributed by atoms with Gasteiger partial charge in [0.05, 0.1) is 13.2 Å². The first-order valence-electron chi connectivity index (χ1n) is 9.63. The van der Waals surface area contributed by atoms with E-state index in [0.717, 1.165) is 0 Å². The standard InChI is InChI=1S/C22H25NO6/c24-21(25)15-28-13-12-27-11-5-10-23-22(26)29-14-20-18-8-3-1-6-16(18)17-7-2-4-9-19(17)20/h1-4,6-9,20H,5,10-15H2,(H,23,26)(H,24,25). The van der Waals surface area contributed by atoms with E-state index in [0.29, 0.717) is 26.2 Å². The van der Waals surface area contributed by atoms with Crippen LogP contribution < -0.4 is 5.32 Å². The summed E-state index contributed by atoms with van der Waals surface area (Å²) in [6.07, 6.45) is 0.181. The quantitative estimate of drug-likeness (QED) is 0.564. The second-order valence-corrected chi connectivity index (χ2v) is 6.66. The highest BCUT2D eigenvalue weighted by atomic mass is 16.5. The van der Waals surface area contributed by atoms with Crippen LogP contribution in [0, 0.1) is 0 Å². The molecule has 7 nitrogen and oxygen atoms in total. The number of carbonyl (C=O) groups excluding carboxylic acids is 1. The molecule has 1 amide bonds. The average molecular weight is 399 g/mol. The molecule has 2 aromatic rings. The van der Waals surface area contributed by atoms with Gasteiger partial charge in [0.15, 0.2) is 0 Å². The van der Waals surface area contributed by atoms with Crippen molar-refractivity contribution in [2.45, 2.75) is 12.3 Å². The van der Waals surface area contributed by atoms with Crippen molar-refractivity contribution in [2.75, 3.05) is 39.6 Å². The van der Waals surface area contributed by atoms with Gasteiger partial charge in [-0.25, -0.2) is 9.59 Å². The fourth-order valence-corrected chi connectivity index (χ4v) is 3.39. The van der Waals surface area contributed by atoms with Gasteiger partial charge in [-0.1, -0.05) is 48.5 Å². The molecule has 0 bridgehead atoms. The maximum Gasteiger partial charge on any atom is 0.407 e. The van der Waals surface area contributed by atoms with Crippen molar-refractivity contribution in [1.82, 2.24) is 5.32 Å². The molecule has 0 fully saturated rings. The van der Waals surface area contributed by atoms with Crippen LogP contribution in [0.4, 0.5) is 4.79 Å². The predicted octanol–water partition coefficient (Wildman–Crippen LogP) is 3.03. The number of amides is 1. The normalized spacial score (nSPS) is 12.3. The molecule has 0 spiro atoms. The van der Waals surface area contributed by atoms with Crippen LogP contribution in [0.5, 0.6) is 0 Å². The second-order valence-electron chi connectivity index (χ2n) is 6.66. The highest BCUT2D eigenvalue weighted by molar-refractivity contribution is 5.79. The third kappa shape index (κ3) is 5.79. The molecule has 0 aliphatic heterocycles. The number of carboxylic acids is 1. The Hall–Kier alpha value is -2.90. The number of hydrogen-bond acceptors (Lipinski definition) is 5. The lowest BCUT2D eigenvalue weighted by molar-refractivity contribution is -0.142. The van der Waals surface area contributed by atoms with Crippen LogP contribution in [0.1, 0.15) is 23.5 Å². The largest absolute Gasteiger partial charge is 0.480 e. The van der Waals surface area contributed by atoms with Gasteiger partial charge in [0.1, 0.15) is 13.2 Å². The van der Waals surface area contributed by atoms with E-state index in [-0.39, 0.29) is 25.7 Å². The highest BCUT2D eigenvalue weighted by Gasteiger charge is 2.28. The van der Waals surface area contributed by atoms with Gasteiger partial charge in [0.2, 0.25) is 0 Å². The molecule has 1 aliphatic rings. The number of aliphatic carboxylic acids is 1. The molecule has 0 heterocycles. The summed E-state index contributed by atoms with van der Waals surface area (Å²) in [6.45, 7) is 1.39. The maximum atomic E-state index is 12.0. The minimum absolute atomic E-state index is 0.0438. The zero-order valence-corrected chi connectivity index (χ0v) is 16.1. The molecule has 0 radical (unpaired) electrons. The number of ether oxygens (including phenoxy) is 3. The van der Waals surface area contributed by atoms with Crippen LogP contribution in [0.25, 0.3) is 11.1 Å². The van der Waals surface area contributed by atoms with Crippen LogP contribution >= 0.6 is 0 Å². The maximum absolute atomic E-state index is 12.0. The molecule has 3 rings (SSSR count). The molecule has 0 unspecified atom stereocenters. The Kier molecular flexibility index (Phi) is 7.61. The minimum atomic E-state index is -1.00. The van der Waals surface area contributed by atoms with Crippen molar-refractivity contribution < 1.29 is 28.9 Å². The van der Waals surface area contributed by atoms with Crippen LogP contribution in [-0.2, 0) is 19.0 Å². The highest BCUT2D eigenvalue weighted by Crippen LogP contribution is 2.44. The van der Waals surface area contributed by atoms with Crippen LogP contribution in [-0.4, -0.2) is 56.7 Å². The van der Waals surface area contributed by atoms with Gasteiger partial charge < -0.3 is 24.6 Å². The summed E-state index contributed by atoms with van der Waals surface area (Å²) in [6, 6.07) is 16.4. The van der Waals surface area contributed by atoms with E-state index in [9.17, 15) is 9.59 Å². The molecule has 0 saturated heterocycles. The smallest absolute Gasteiger partial charge is 0.407 e. The Morgan fingerprint density at radius 2 is 1.52 bits per heavy atom. The molecule has 154 valence electrons. The van der Waals surface area contributed by atoms with Gasteiger partial charge in [0, 0.05) is 19.1 Å². The Labute approximate surface area is 169 Å². The van der Waals surface area contributed by atoms with Gasteiger partial charge in [-0.2, -0.15) is 0 Å². The van der Waals surface area contributed by atoms with E-state index in [4.69, 9.17) is 19.3 Å². The average Bonchev–Trinajstić information content (AvgIpc) is 3.04. The van der Waals surface area contributed by atoms with E-state index < -0.39 is 12.1 Å². The summed E-state index contributed by atoms with van der Waals surface area (Å²) in [4.78, 5) is 22.3. The molecular formula is C22H25NO6. The summed E-state index contributed by atoms with van der Waals surface area (Å²) in [7, 11) is 0. The predicted molar refractivity (Wildman–Crippen MR) is 107 cm³/mol. The van der Waals surface area contributed by atoms with E-state index in [2.05, 4.69) is 29.6 Å². The van der Waals surface area contributed by atoms with Crippen molar-refractivity contribution in [2.24, 2.45) is 0 Å². The SMILES string of the molecule is O=C(O)COCCOCCCNC(=O)OCC1c2ccccc2-c2ccccc21. The molecule has 0 saturated carbocycles. The van der Waals surface area contributed by atoms with Crippen LogP contribution in [0.2, 0.25) is 0 Å². The molecule has 29 heavy (non-hydrogen) atoms. The minimum Gasteiger partial charge on any atom is -0.480 e. The first kappa shape index (κ1) is 20.8. The zero-order valence-electron chi connectivity index (χ0n) is 16.1. The lowest BCUT2D eigenvalue weighted by atomic mass is 9.98. The molecule has 7 heteroatoms. The van der Waals surface area contributed by atoms with E-state index in [1.54, 1.807) is 0 Å². The first-order valence-corrected chi connectivity index (χ1v) is 9.63. The topological polar surface area (TPSA) is 94.1 Å². The number of fused-ring (bicyclic) bond motifs is 3. The number of carboxylic acid groups (broad SMARTS) is 1.